The van der Waals surface area contributed by atoms with Crippen molar-refractivity contribution in [2.45, 2.75) is 66.4 Å². The molecule has 43 heavy (non-hydrogen) atoms. The number of allylic oxidation sites excluding steroid dienone is 11. The molecule has 1 unspecified atom stereocenters. The van der Waals surface area contributed by atoms with Gasteiger partial charge in [-0.2, -0.15) is 0 Å². The monoisotopic (exact) mass is 580 g/mol. The van der Waals surface area contributed by atoms with Gasteiger partial charge in [-0.05, 0) is 68.6 Å². The zero-order valence-corrected chi connectivity index (χ0v) is 25.3. The molecule has 3 N–H and O–H groups in total. The number of nitrogens with one attached hydrogen (secondary N) is 1. The zero-order valence-electron chi connectivity index (χ0n) is 25.3. The van der Waals surface area contributed by atoms with E-state index >= 15 is 0 Å². The second kappa shape index (κ2) is 10.7. The Hall–Kier alpha value is -4.37. The van der Waals surface area contributed by atoms with Crippen LogP contribution in [0.15, 0.2) is 107 Å². The van der Waals surface area contributed by atoms with E-state index in [1.807, 2.05) is 39.0 Å². The fraction of sp³-hybridized carbons (Fsp3) is 0.382. The molecule has 3 atom stereocenters. The number of aliphatic imine (C=N–C) groups is 3. The number of aliphatic hydroxyl groups is 2. The van der Waals surface area contributed by atoms with Gasteiger partial charge in [-0.1, -0.05) is 13.8 Å². The summed E-state index contributed by atoms with van der Waals surface area (Å²) in [6, 6.07) is 0. The van der Waals surface area contributed by atoms with Gasteiger partial charge in [0.05, 0.1) is 53.7 Å². The molecule has 0 aromatic heterocycles. The Labute approximate surface area is 250 Å². The topological polar surface area (TPSA) is 133 Å². The molecule has 8 bridgehead atoms. The molecule has 2 fully saturated rings. The number of carbonyl (C=O) groups excluding carboxylic acids is 2. The van der Waals surface area contributed by atoms with Gasteiger partial charge in [0.15, 0.2) is 5.78 Å². The first kappa shape index (κ1) is 28.7. The highest BCUT2D eigenvalue weighted by Gasteiger charge is 2.43. The van der Waals surface area contributed by atoms with E-state index in [4.69, 9.17) is 19.7 Å². The molecule has 222 valence electrons. The lowest BCUT2D eigenvalue weighted by Crippen LogP contribution is -2.15. The number of fused-ring (bicyclic) bond motifs is 5. The van der Waals surface area contributed by atoms with Gasteiger partial charge >= 0.3 is 5.97 Å². The Morgan fingerprint density at radius 1 is 1.14 bits per heavy atom. The number of methoxy groups -OCH3 is 1. The number of nitrogens with zero attached hydrogens (tertiary/aromatic N) is 3. The van der Waals surface area contributed by atoms with Crippen LogP contribution in [0, 0.1) is 11.8 Å². The van der Waals surface area contributed by atoms with E-state index in [0.717, 1.165) is 39.9 Å². The van der Waals surface area contributed by atoms with E-state index in [2.05, 4.69) is 12.2 Å². The molecule has 6 rings (SSSR count). The third-order valence-electron chi connectivity index (χ3n) is 9.28. The lowest BCUT2D eigenvalue weighted by atomic mass is 9.86. The molecule has 0 spiro atoms. The maximum Gasteiger partial charge on any atom is 0.305 e. The second-order valence-corrected chi connectivity index (χ2v) is 11.7. The van der Waals surface area contributed by atoms with Crippen LogP contribution in [0.1, 0.15) is 60.3 Å². The lowest BCUT2D eigenvalue weighted by Gasteiger charge is -2.17. The van der Waals surface area contributed by atoms with E-state index in [9.17, 15) is 19.8 Å². The third-order valence-corrected chi connectivity index (χ3v) is 9.28. The minimum absolute atomic E-state index is 0.0100. The fourth-order valence-electron chi connectivity index (χ4n) is 6.97. The number of rotatable bonds is 5. The highest BCUT2D eigenvalue weighted by atomic mass is 16.5. The van der Waals surface area contributed by atoms with Gasteiger partial charge in [-0.15, -0.1) is 0 Å². The summed E-state index contributed by atoms with van der Waals surface area (Å²) in [4.78, 5) is 40.4. The Bertz CT molecular complexity index is 1730. The minimum atomic E-state index is -0.780. The third kappa shape index (κ3) is 4.54. The molecule has 1 saturated carbocycles. The van der Waals surface area contributed by atoms with Crippen LogP contribution in [0.25, 0.3) is 0 Å². The van der Waals surface area contributed by atoms with Gasteiger partial charge in [0, 0.05) is 58.4 Å². The Morgan fingerprint density at radius 3 is 2.58 bits per heavy atom. The fourth-order valence-corrected chi connectivity index (χ4v) is 6.97. The molecule has 0 radical (unpaired) electrons. The number of hydrogen-bond donors (Lipinski definition) is 3. The van der Waals surface area contributed by atoms with Gasteiger partial charge in [-0.3, -0.25) is 9.59 Å². The van der Waals surface area contributed by atoms with Gasteiger partial charge < -0.3 is 20.3 Å². The molecule has 0 aromatic carbocycles. The molecule has 9 nitrogen and oxygen atoms in total. The van der Waals surface area contributed by atoms with Crippen molar-refractivity contribution in [2.24, 2.45) is 26.8 Å². The maximum absolute atomic E-state index is 13.4. The van der Waals surface area contributed by atoms with Crippen LogP contribution >= 0.6 is 0 Å². The van der Waals surface area contributed by atoms with Crippen LogP contribution in [0.3, 0.4) is 0 Å². The smallest absolute Gasteiger partial charge is 0.305 e. The average Bonchev–Trinajstić information content (AvgIpc) is 3.73. The standard InChI is InChI=1S/C34H36N4O5/c1-7-19-22(14-39)27-13-28-31(18(5)40)16(3)24(35-28)11-23-15(2)20(8-9-30(42)43-6)33(37-23)21-10-29(41)32-17(4)25(38-34(21)32)12-26(19)36-27/h11-15,18,20,37,39-40H,7-10H2,1-6H3/b22-14+,23-11?,25-12?,28-13?,33-21?/t15-,18?,20-/m0/s1. The number of carbonyl (C=O) groups is 2. The predicted octanol–water partition coefficient (Wildman–Crippen LogP) is 5.17. The summed E-state index contributed by atoms with van der Waals surface area (Å²) < 4.78 is 4.95. The van der Waals surface area contributed by atoms with Gasteiger partial charge in [0.25, 0.3) is 0 Å². The van der Waals surface area contributed by atoms with Crippen molar-refractivity contribution < 1.29 is 24.5 Å². The predicted molar refractivity (Wildman–Crippen MR) is 165 cm³/mol. The molecule has 9 heteroatoms. The summed E-state index contributed by atoms with van der Waals surface area (Å²) in [5, 5.41) is 24.7. The Balaban J connectivity index is 1.62. The van der Waals surface area contributed by atoms with E-state index in [1.165, 1.54) is 7.11 Å². The molecule has 0 aromatic rings. The number of Topliss-reactive ketones (excluding diaryl/α,β-unsaturated/α-hetero) is 1. The number of esters is 1. The van der Waals surface area contributed by atoms with E-state index in [1.54, 1.807) is 6.92 Å². The van der Waals surface area contributed by atoms with E-state index in [-0.39, 0.29) is 36.4 Å². The number of hydrogen-bond acceptors (Lipinski definition) is 9. The van der Waals surface area contributed by atoms with E-state index in [0.29, 0.717) is 63.8 Å². The van der Waals surface area contributed by atoms with E-state index < -0.39 is 6.10 Å². The van der Waals surface area contributed by atoms with Crippen molar-refractivity contribution in [3.8, 4) is 0 Å². The second-order valence-electron chi connectivity index (χ2n) is 11.7. The van der Waals surface area contributed by atoms with Crippen molar-refractivity contribution in [3.05, 3.63) is 92.0 Å². The van der Waals surface area contributed by atoms with Crippen LogP contribution in [0.4, 0.5) is 0 Å². The molecule has 6 aliphatic rings. The molecular formula is C34H36N4O5. The summed E-state index contributed by atoms with van der Waals surface area (Å²) >= 11 is 0. The highest BCUT2D eigenvalue weighted by Crippen LogP contribution is 2.45. The van der Waals surface area contributed by atoms with Gasteiger partial charge in [0.1, 0.15) is 0 Å². The van der Waals surface area contributed by atoms with Gasteiger partial charge in [0.2, 0.25) is 0 Å². The van der Waals surface area contributed by atoms with Crippen molar-refractivity contribution in [2.75, 3.05) is 7.11 Å². The average molecular weight is 581 g/mol. The molecule has 5 aliphatic heterocycles. The molecule has 1 aliphatic carbocycles. The van der Waals surface area contributed by atoms with Crippen LogP contribution < -0.4 is 5.32 Å². The van der Waals surface area contributed by atoms with Gasteiger partial charge in [-0.25, -0.2) is 15.0 Å². The van der Waals surface area contributed by atoms with Crippen molar-refractivity contribution in [1.29, 1.82) is 0 Å². The van der Waals surface area contributed by atoms with Crippen LogP contribution in [-0.2, 0) is 14.3 Å². The largest absolute Gasteiger partial charge is 0.515 e. The van der Waals surface area contributed by atoms with Crippen molar-refractivity contribution in [3.63, 3.8) is 0 Å². The first-order valence-corrected chi connectivity index (χ1v) is 14.8. The summed E-state index contributed by atoms with van der Waals surface area (Å²) in [5.41, 5.74) is 10.9. The number of ketones is 1. The zero-order chi connectivity index (χ0) is 30.7. The molecule has 5 heterocycles. The summed E-state index contributed by atoms with van der Waals surface area (Å²) in [6.07, 6.45) is 7.62. The first-order valence-electron chi connectivity index (χ1n) is 14.8. The summed E-state index contributed by atoms with van der Waals surface area (Å²) in [5.74, 6) is -0.335. The minimum Gasteiger partial charge on any atom is -0.515 e. The summed E-state index contributed by atoms with van der Waals surface area (Å²) in [6.45, 7) is 9.67. The SMILES string of the molecule is CCC1=C2C=C3N=C4C(=C5NC(=CC6=NC(=CC(=N2)/C1=C/O)C(C(C)O)=C6C)[C@@H](C)[C@@H]5CCC(=O)OC)CC(=O)C4=C3C. The molecule has 0 amide bonds. The lowest BCUT2D eigenvalue weighted by molar-refractivity contribution is -0.140. The molecule has 1 saturated heterocycles. The van der Waals surface area contributed by atoms with Crippen molar-refractivity contribution in [1.82, 2.24) is 5.32 Å². The quantitative estimate of drug-likeness (QED) is 0.304. The number of aliphatic hydroxyl groups excluding tert-OH is 2. The normalized spacial score (nSPS) is 26.1. The Morgan fingerprint density at radius 2 is 1.91 bits per heavy atom. The Kier molecular flexibility index (Phi) is 7.16. The summed E-state index contributed by atoms with van der Waals surface area (Å²) in [7, 11) is 1.39. The van der Waals surface area contributed by atoms with Crippen LogP contribution in [0.2, 0.25) is 0 Å². The first-order chi connectivity index (χ1) is 20.6. The van der Waals surface area contributed by atoms with Crippen molar-refractivity contribution >= 4 is 28.9 Å². The van der Waals surface area contributed by atoms with Crippen LogP contribution in [0.5, 0.6) is 0 Å². The van der Waals surface area contributed by atoms with Crippen LogP contribution in [-0.4, -0.2) is 52.3 Å². The highest BCUT2D eigenvalue weighted by molar-refractivity contribution is 6.38. The number of ether oxygens (including phenoxy) is 1. The maximum atomic E-state index is 13.4. The molecular weight excluding hydrogens is 544 g/mol.